The van der Waals surface area contributed by atoms with E-state index in [1.54, 1.807) is 12.1 Å². The first-order valence-electron chi connectivity index (χ1n) is 14.2. The number of amides is 1. The van der Waals surface area contributed by atoms with Gasteiger partial charge in [0.15, 0.2) is 0 Å². The average Bonchev–Trinajstić information content (AvgIpc) is 3.71. The normalized spacial score (nSPS) is 21.5. The lowest BCUT2D eigenvalue weighted by atomic mass is 9.75. The lowest BCUT2D eigenvalue weighted by Gasteiger charge is -2.47. The van der Waals surface area contributed by atoms with Crippen LogP contribution in [-0.4, -0.2) is 47.9 Å². The highest BCUT2D eigenvalue weighted by molar-refractivity contribution is 7.92. The highest BCUT2D eigenvalue weighted by Crippen LogP contribution is 2.62. The van der Waals surface area contributed by atoms with Crippen LogP contribution in [0.5, 0.6) is 5.88 Å². The Kier molecular flexibility index (Phi) is 6.81. The Balaban J connectivity index is 1.51. The van der Waals surface area contributed by atoms with Crippen LogP contribution < -0.4 is 9.21 Å². The van der Waals surface area contributed by atoms with Crippen molar-refractivity contribution in [2.75, 3.05) is 11.1 Å². The minimum absolute atomic E-state index is 0.0462. The maximum absolute atomic E-state index is 14.1. The Bertz CT molecular complexity index is 1590. The molecular weight excluding hydrogens is 540 g/mol. The molecule has 1 amide bonds. The molecule has 216 valence electrons. The minimum Gasteiger partial charge on any atom is -0.742 e. The molecule has 3 aliphatic rings. The van der Waals surface area contributed by atoms with Crippen molar-refractivity contribution < 1.29 is 17.9 Å². The summed E-state index contributed by atoms with van der Waals surface area (Å²) < 4.78 is 33.2. The fourth-order valence-electron chi connectivity index (χ4n) is 6.40. The molecule has 1 aliphatic heterocycles. The smallest absolute Gasteiger partial charge is 0.256 e. The lowest BCUT2D eigenvalue weighted by molar-refractivity contribution is 0.00918. The van der Waals surface area contributed by atoms with Crippen molar-refractivity contribution in [3.63, 3.8) is 0 Å². The van der Waals surface area contributed by atoms with Crippen LogP contribution in [0, 0.1) is 30.4 Å². The third kappa shape index (κ3) is 5.08. The number of sulfonamides is 1. The molecule has 1 spiro atoms. The SMILES string of the molecule is Cc1cccc(C)c1-c1cc2nc(n1)N([O-])S(=O)(=O)c1cccc(c1)C(=O)N(C1CC3(CC3)C1)[C@H](CC(C)C)CO2. The van der Waals surface area contributed by atoms with Gasteiger partial charge in [0.1, 0.15) is 6.61 Å². The number of nitrogens with zero attached hydrogens (tertiary/aromatic N) is 4. The predicted molar refractivity (Wildman–Crippen MR) is 156 cm³/mol. The van der Waals surface area contributed by atoms with Gasteiger partial charge in [0.25, 0.3) is 15.9 Å². The van der Waals surface area contributed by atoms with Crippen LogP contribution in [0.4, 0.5) is 5.95 Å². The number of benzene rings is 2. The summed E-state index contributed by atoms with van der Waals surface area (Å²) >= 11 is 0. The molecule has 41 heavy (non-hydrogen) atoms. The molecule has 9 nitrogen and oxygen atoms in total. The Morgan fingerprint density at radius 1 is 1.05 bits per heavy atom. The first-order valence-corrected chi connectivity index (χ1v) is 15.7. The molecule has 2 aromatic carbocycles. The molecule has 2 aliphatic carbocycles. The Labute approximate surface area is 241 Å². The van der Waals surface area contributed by atoms with Crippen LogP contribution in [0.3, 0.4) is 0 Å². The molecule has 0 saturated heterocycles. The lowest BCUT2D eigenvalue weighted by Crippen LogP contribution is -2.55. The number of ether oxygens (including phenoxy) is 1. The average molecular weight is 576 g/mol. The van der Waals surface area contributed by atoms with Gasteiger partial charge in [-0.1, -0.05) is 38.1 Å². The first kappa shape index (κ1) is 27.7. The summed E-state index contributed by atoms with van der Waals surface area (Å²) in [7, 11) is -4.62. The second-order valence-corrected chi connectivity index (χ2v) is 14.0. The summed E-state index contributed by atoms with van der Waals surface area (Å²) in [5.74, 6) is -0.423. The quantitative estimate of drug-likeness (QED) is 0.395. The number of fused-ring (bicyclic) bond motifs is 4. The van der Waals surface area contributed by atoms with Crippen molar-refractivity contribution in [3.8, 4) is 17.1 Å². The van der Waals surface area contributed by atoms with Crippen molar-refractivity contribution in [1.82, 2.24) is 14.9 Å². The van der Waals surface area contributed by atoms with E-state index in [1.807, 2.05) is 36.9 Å². The highest BCUT2D eigenvalue weighted by Gasteiger charge is 2.56. The molecule has 2 fully saturated rings. The highest BCUT2D eigenvalue weighted by atomic mass is 32.2. The number of hydrogen-bond acceptors (Lipinski definition) is 7. The number of aromatic nitrogens is 2. The summed E-state index contributed by atoms with van der Waals surface area (Å²) in [5, 5.41) is 13.4. The molecule has 2 heterocycles. The van der Waals surface area contributed by atoms with Gasteiger partial charge < -0.3 is 19.3 Å². The Morgan fingerprint density at radius 3 is 2.39 bits per heavy atom. The molecule has 10 heteroatoms. The summed E-state index contributed by atoms with van der Waals surface area (Å²) in [6.45, 7) is 8.23. The van der Waals surface area contributed by atoms with Gasteiger partial charge >= 0.3 is 0 Å². The van der Waals surface area contributed by atoms with Crippen molar-refractivity contribution in [1.29, 1.82) is 0 Å². The van der Waals surface area contributed by atoms with Gasteiger partial charge in [-0.25, -0.2) is 13.4 Å². The largest absolute Gasteiger partial charge is 0.742 e. The zero-order chi connectivity index (χ0) is 29.1. The molecule has 1 aromatic heterocycles. The Morgan fingerprint density at radius 2 is 1.73 bits per heavy atom. The third-order valence-corrected chi connectivity index (χ3v) is 10.1. The molecular formula is C31H35N4O5S-. The molecule has 0 N–H and O–H groups in total. The van der Waals surface area contributed by atoms with E-state index in [2.05, 4.69) is 23.8 Å². The summed E-state index contributed by atoms with van der Waals surface area (Å²) in [6.07, 6.45) is 4.95. The number of carbonyl (C=O) groups excluding carboxylic acids is 1. The second kappa shape index (κ2) is 10.1. The summed E-state index contributed by atoms with van der Waals surface area (Å²) in [6, 6.07) is 12.9. The van der Waals surface area contributed by atoms with Gasteiger partial charge in [0.2, 0.25) is 11.8 Å². The van der Waals surface area contributed by atoms with E-state index < -0.39 is 16.0 Å². The fraction of sp³-hybridized carbons (Fsp3) is 0.452. The maximum Gasteiger partial charge on any atom is 0.256 e. The number of hydrogen-bond donors (Lipinski definition) is 0. The standard InChI is InChI=1S/C31H35N4O5S/c1-19(2)13-23-18-40-27-15-26(28-20(3)7-5-8-21(28)4)32-30(33-27)35(37)41(38,39)25-10-6-9-22(14-25)29(36)34(23)24-16-31(17-24)11-12-31/h5-10,14-15,19,23-24H,11-13,16-18H2,1-4H3/q-1/t23-/m1/s1. The Hall–Kier alpha value is -3.50. The minimum atomic E-state index is -4.62. The molecule has 2 saturated carbocycles. The molecule has 0 radical (unpaired) electrons. The van der Waals surface area contributed by atoms with Gasteiger partial charge in [-0.3, -0.25) is 4.79 Å². The molecule has 6 rings (SSSR count). The van der Waals surface area contributed by atoms with E-state index in [-0.39, 0.29) is 51.3 Å². The van der Waals surface area contributed by atoms with Crippen molar-refractivity contribution in [2.45, 2.75) is 76.8 Å². The number of rotatable bonds is 4. The van der Waals surface area contributed by atoms with Crippen molar-refractivity contribution >= 4 is 21.9 Å². The third-order valence-electron chi connectivity index (χ3n) is 8.67. The number of anilines is 1. The van der Waals surface area contributed by atoms with Crippen LogP contribution in [-0.2, 0) is 10.0 Å². The van der Waals surface area contributed by atoms with Gasteiger partial charge in [-0.15, -0.1) is 0 Å². The fourth-order valence-corrected chi connectivity index (χ4v) is 7.41. The second-order valence-electron chi connectivity index (χ2n) is 12.3. The van der Waals surface area contributed by atoms with Crippen LogP contribution in [0.1, 0.15) is 67.4 Å². The van der Waals surface area contributed by atoms with Crippen LogP contribution in [0.25, 0.3) is 11.3 Å². The summed E-state index contributed by atoms with van der Waals surface area (Å²) in [5.41, 5.74) is 3.58. The van der Waals surface area contributed by atoms with Crippen molar-refractivity contribution in [3.05, 3.63) is 70.4 Å². The molecule has 3 aromatic rings. The molecule has 0 unspecified atom stereocenters. The molecule has 4 bridgehead atoms. The van der Waals surface area contributed by atoms with Crippen LogP contribution >= 0.6 is 0 Å². The zero-order valence-corrected chi connectivity index (χ0v) is 24.6. The number of carbonyl (C=O) groups is 1. The number of aryl methyl sites for hydroxylation is 2. The van der Waals surface area contributed by atoms with E-state index in [4.69, 9.17) is 4.74 Å². The van der Waals surface area contributed by atoms with Gasteiger partial charge in [0.05, 0.1) is 16.6 Å². The summed E-state index contributed by atoms with van der Waals surface area (Å²) in [4.78, 5) is 24.4. The monoisotopic (exact) mass is 575 g/mol. The van der Waals surface area contributed by atoms with E-state index >= 15 is 0 Å². The van der Waals surface area contributed by atoms with Gasteiger partial charge in [0, 0.05) is 23.2 Å². The van der Waals surface area contributed by atoms with E-state index in [0.717, 1.165) is 29.5 Å². The van der Waals surface area contributed by atoms with E-state index in [1.165, 1.54) is 31.0 Å². The van der Waals surface area contributed by atoms with Crippen LogP contribution in [0.2, 0.25) is 0 Å². The van der Waals surface area contributed by atoms with Gasteiger partial charge in [-0.2, -0.15) is 4.98 Å². The first-order chi connectivity index (χ1) is 19.5. The zero-order valence-electron chi connectivity index (χ0n) is 23.8. The molecule has 1 atom stereocenters. The topological polar surface area (TPSA) is 116 Å². The van der Waals surface area contributed by atoms with E-state index in [0.29, 0.717) is 17.5 Å². The van der Waals surface area contributed by atoms with Crippen LogP contribution in [0.15, 0.2) is 53.4 Å². The predicted octanol–water partition coefficient (Wildman–Crippen LogP) is 5.65. The van der Waals surface area contributed by atoms with E-state index in [9.17, 15) is 18.4 Å². The van der Waals surface area contributed by atoms with Crippen molar-refractivity contribution in [2.24, 2.45) is 11.3 Å². The maximum atomic E-state index is 14.1. The van der Waals surface area contributed by atoms with Gasteiger partial charge in [-0.05, 0) is 86.6 Å².